The maximum absolute atomic E-state index is 13.4. The van der Waals surface area contributed by atoms with E-state index in [0.29, 0.717) is 37.5 Å². The van der Waals surface area contributed by atoms with Crippen LogP contribution in [0.25, 0.3) is 0 Å². The Balaban J connectivity index is 1.24. The second kappa shape index (κ2) is 8.67. The summed E-state index contributed by atoms with van der Waals surface area (Å²) in [7, 11) is 1.62. The van der Waals surface area contributed by atoms with Crippen molar-refractivity contribution in [2.75, 3.05) is 26.7 Å². The van der Waals surface area contributed by atoms with E-state index in [2.05, 4.69) is 16.3 Å². The molecular weight excluding hydrogens is 432 g/mol. The summed E-state index contributed by atoms with van der Waals surface area (Å²) in [6, 6.07) is 6.73. The van der Waals surface area contributed by atoms with Crippen molar-refractivity contribution in [1.29, 1.82) is 5.26 Å². The van der Waals surface area contributed by atoms with Gasteiger partial charge in [-0.1, -0.05) is 13.0 Å². The summed E-state index contributed by atoms with van der Waals surface area (Å²) in [5.74, 6) is 0.0995. The van der Waals surface area contributed by atoms with Gasteiger partial charge < -0.3 is 20.9 Å². The number of carbonyl (C=O) groups is 3. The topological polar surface area (TPSA) is 123 Å². The lowest BCUT2D eigenvalue weighted by Crippen LogP contribution is -2.56. The number of amides is 3. The Bertz CT molecular complexity index is 1070. The molecule has 3 amide bonds. The monoisotopic (exact) mass is 464 g/mol. The zero-order chi connectivity index (χ0) is 24.1. The number of carbonyl (C=O) groups excluding carboxylic acids is 3. The number of aryl methyl sites for hydroxylation is 1. The van der Waals surface area contributed by atoms with Gasteiger partial charge in [-0.05, 0) is 54.9 Å². The quantitative estimate of drug-likeness (QED) is 0.651. The number of nitriles is 1. The number of hydrogen-bond donors (Lipinski definition) is 2. The first-order chi connectivity index (χ1) is 16.3. The van der Waals surface area contributed by atoms with E-state index in [9.17, 15) is 19.6 Å². The summed E-state index contributed by atoms with van der Waals surface area (Å²) in [6.07, 6.45) is 3.15. The molecule has 5 unspecified atom stereocenters. The molecule has 3 saturated heterocycles. The fourth-order valence-electron chi connectivity index (χ4n) is 6.42. The zero-order valence-corrected chi connectivity index (χ0v) is 19.7. The maximum Gasteiger partial charge on any atom is 0.251 e. The van der Waals surface area contributed by atoms with E-state index in [0.717, 1.165) is 30.4 Å². The number of likely N-dealkylation sites (tertiary alicyclic amines) is 3. The van der Waals surface area contributed by atoms with Gasteiger partial charge in [-0.2, -0.15) is 5.26 Å². The number of nitrogens with zero attached hydrogens (tertiary/aromatic N) is 4. The van der Waals surface area contributed by atoms with Crippen LogP contribution in [0.15, 0.2) is 18.2 Å². The van der Waals surface area contributed by atoms with Crippen molar-refractivity contribution >= 4 is 17.7 Å². The lowest BCUT2D eigenvalue weighted by Gasteiger charge is -2.38. The molecule has 4 aliphatic rings. The molecule has 1 aromatic rings. The molecule has 9 nitrogen and oxygen atoms in total. The standard InChI is InChI=1S/C25H32N6O3/c1-14-7-17(10-26)30(11-14)24(33)20(27)13-29-12-18-9-22(29)25(34)31(18)21-6-4-15-8-16(23(32)28-2)3-5-19(15)21/h3,5,8,14,17-18,20-22H,4,6-7,9,11-13,27H2,1-2H3,(H,28,32)/t14?,17?,18-,20?,21?,22?/m0/s1. The average molecular weight is 465 g/mol. The fraction of sp³-hybridized carbons (Fsp3) is 0.600. The molecule has 1 aromatic carbocycles. The van der Waals surface area contributed by atoms with Gasteiger partial charge in [0.05, 0.1) is 24.2 Å². The third-order valence-corrected chi connectivity index (χ3v) is 8.02. The summed E-state index contributed by atoms with van der Waals surface area (Å²) in [6.45, 7) is 3.64. The molecule has 0 spiro atoms. The summed E-state index contributed by atoms with van der Waals surface area (Å²) >= 11 is 0. The van der Waals surface area contributed by atoms with E-state index in [1.807, 2.05) is 30.0 Å². The summed E-state index contributed by atoms with van der Waals surface area (Å²) in [5.41, 5.74) is 9.21. The van der Waals surface area contributed by atoms with Crippen LogP contribution in [0.4, 0.5) is 0 Å². The number of fused-ring (bicyclic) bond motifs is 3. The van der Waals surface area contributed by atoms with Gasteiger partial charge in [-0.3, -0.25) is 19.3 Å². The number of hydrogen-bond acceptors (Lipinski definition) is 6. The highest BCUT2D eigenvalue weighted by Gasteiger charge is 2.53. The summed E-state index contributed by atoms with van der Waals surface area (Å²) in [4.78, 5) is 44.0. The van der Waals surface area contributed by atoms with Gasteiger partial charge >= 0.3 is 0 Å². The van der Waals surface area contributed by atoms with E-state index in [1.54, 1.807) is 11.9 Å². The lowest BCUT2D eigenvalue weighted by molar-refractivity contribution is -0.141. The molecule has 6 atom stereocenters. The lowest BCUT2D eigenvalue weighted by atomic mass is 10.0. The third kappa shape index (κ3) is 3.65. The molecule has 34 heavy (non-hydrogen) atoms. The first kappa shape index (κ1) is 22.8. The predicted molar refractivity (Wildman–Crippen MR) is 124 cm³/mol. The smallest absolute Gasteiger partial charge is 0.251 e. The highest BCUT2D eigenvalue weighted by atomic mass is 16.2. The maximum atomic E-state index is 13.4. The van der Waals surface area contributed by atoms with Gasteiger partial charge in [0.2, 0.25) is 11.8 Å². The molecule has 3 fully saturated rings. The summed E-state index contributed by atoms with van der Waals surface area (Å²) in [5, 5.41) is 12.0. The third-order valence-electron chi connectivity index (χ3n) is 8.02. The van der Waals surface area contributed by atoms with Crippen molar-refractivity contribution < 1.29 is 14.4 Å². The van der Waals surface area contributed by atoms with Gasteiger partial charge in [0.25, 0.3) is 5.91 Å². The van der Waals surface area contributed by atoms with Crippen molar-refractivity contribution in [3.8, 4) is 6.07 Å². The normalized spacial score (nSPS) is 31.0. The minimum atomic E-state index is -0.739. The Labute approximate surface area is 199 Å². The Morgan fingerprint density at radius 1 is 1.26 bits per heavy atom. The van der Waals surface area contributed by atoms with Crippen molar-refractivity contribution in [2.45, 2.75) is 62.8 Å². The first-order valence-electron chi connectivity index (χ1n) is 12.2. The van der Waals surface area contributed by atoms with Crippen molar-refractivity contribution in [1.82, 2.24) is 20.0 Å². The predicted octanol–water partition coefficient (Wildman–Crippen LogP) is 0.406. The number of piperazine rings is 1. The van der Waals surface area contributed by atoms with Crippen LogP contribution in [0.2, 0.25) is 0 Å². The highest BCUT2D eigenvalue weighted by molar-refractivity contribution is 5.94. The van der Waals surface area contributed by atoms with Crippen LogP contribution in [0, 0.1) is 17.2 Å². The van der Waals surface area contributed by atoms with E-state index in [-0.39, 0.29) is 35.8 Å². The average Bonchev–Trinajstić information content (AvgIpc) is 3.59. The van der Waals surface area contributed by atoms with E-state index >= 15 is 0 Å². The first-order valence-corrected chi connectivity index (χ1v) is 12.2. The van der Waals surface area contributed by atoms with E-state index in [4.69, 9.17) is 5.73 Å². The molecule has 0 saturated carbocycles. The van der Waals surface area contributed by atoms with E-state index < -0.39 is 12.1 Å². The molecule has 3 heterocycles. The molecular formula is C25H32N6O3. The highest BCUT2D eigenvalue weighted by Crippen LogP contribution is 2.44. The Morgan fingerprint density at radius 3 is 2.76 bits per heavy atom. The second-order valence-corrected chi connectivity index (χ2v) is 10.2. The second-order valence-electron chi connectivity index (χ2n) is 10.2. The molecule has 2 bridgehead atoms. The molecule has 5 rings (SSSR count). The van der Waals surface area contributed by atoms with E-state index in [1.165, 1.54) is 0 Å². The number of nitrogens with two attached hydrogens (primary N) is 1. The Morgan fingerprint density at radius 2 is 2.06 bits per heavy atom. The molecule has 9 heteroatoms. The van der Waals surface area contributed by atoms with Crippen LogP contribution in [0.5, 0.6) is 0 Å². The minimum Gasteiger partial charge on any atom is -0.355 e. The largest absolute Gasteiger partial charge is 0.355 e. The van der Waals surface area contributed by atoms with Gasteiger partial charge in [0.15, 0.2) is 0 Å². The number of nitrogens with one attached hydrogen (secondary N) is 1. The number of benzene rings is 1. The molecule has 1 aliphatic carbocycles. The molecule has 0 radical (unpaired) electrons. The van der Waals surface area contributed by atoms with Crippen molar-refractivity contribution in [3.63, 3.8) is 0 Å². The van der Waals surface area contributed by atoms with Crippen LogP contribution in [-0.4, -0.2) is 83.3 Å². The zero-order valence-electron chi connectivity index (χ0n) is 19.7. The Hall–Kier alpha value is -2.96. The van der Waals surface area contributed by atoms with Crippen LogP contribution >= 0.6 is 0 Å². The molecule has 3 aliphatic heterocycles. The summed E-state index contributed by atoms with van der Waals surface area (Å²) < 4.78 is 0. The van der Waals surface area contributed by atoms with Crippen LogP contribution in [-0.2, 0) is 16.0 Å². The molecule has 3 N–H and O–H groups in total. The van der Waals surface area contributed by atoms with Gasteiger partial charge in [0.1, 0.15) is 6.04 Å². The molecule has 180 valence electrons. The van der Waals surface area contributed by atoms with Crippen LogP contribution < -0.4 is 11.1 Å². The van der Waals surface area contributed by atoms with Gasteiger partial charge in [-0.15, -0.1) is 0 Å². The SMILES string of the molecule is CNC(=O)c1ccc2c(c1)CCC2N1C(=O)C2C[C@H]1CN2CC(N)C(=O)N1CC(C)CC1C#N. The Kier molecular flexibility index (Phi) is 5.82. The number of rotatable bonds is 5. The van der Waals surface area contributed by atoms with Crippen LogP contribution in [0.1, 0.15) is 53.7 Å². The fourth-order valence-corrected chi connectivity index (χ4v) is 6.42. The van der Waals surface area contributed by atoms with Crippen molar-refractivity contribution in [2.24, 2.45) is 11.7 Å². The molecule has 0 aromatic heterocycles. The van der Waals surface area contributed by atoms with Crippen LogP contribution in [0.3, 0.4) is 0 Å². The van der Waals surface area contributed by atoms with Gasteiger partial charge in [-0.25, -0.2) is 0 Å². The minimum absolute atomic E-state index is 0.0381. The van der Waals surface area contributed by atoms with Gasteiger partial charge in [0, 0.05) is 38.3 Å². The van der Waals surface area contributed by atoms with Crippen molar-refractivity contribution in [3.05, 3.63) is 34.9 Å².